The number of thioether (sulfide) groups is 1. The Morgan fingerprint density at radius 3 is 2.76 bits per heavy atom. The second-order valence-corrected chi connectivity index (χ2v) is 5.91. The van der Waals surface area contributed by atoms with E-state index >= 15 is 0 Å². The van der Waals surface area contributed by atoms with Crippen molar-refractivity contribution in [1.82, 2.24) is 10.2 Å². The van der Waals surface area contributed by atoms with E-state index in [1.165, 1.54) is 34.2 Å². The van der Waals surface area contributed by atoms with Gasteiger partial charge in [0.05, 0.1) is 6.07 Å². The Morgan fingerprint density at radius 2 is 2.18 bits per heavy atom. The molecule has 0 aliphatic rings. The van der Waals surface area contributed by atoms with Crippen LogP contribution >= 0.6 is 23.1 Å². The van der Waals surface area contributed by atoms with E-state index in [1.54, 1.807) is 5.51 Å². The van der Waals surface area contributed by atoms with Crippen molar-refractivity contribution in [2.45, 2.75) is 22.9 Å². The molecule has 1 aromatic carbocycles. The highest BCUT2D eigenvalue weighted by Crippen LogP contribution is 2.26. The lowest BCUT2D eigenvalue weighted by Gasteiger charge is -2.06. The van der Waals surface area contributed by atoms with Gasteiger partial charge in [0.25, 0.3) is 0 Å². The van der Waals surface area contributed by atoms with Crippen molar-refractivity contribution in [3.05, 3.63) is 40.9 Å². The molecule has 2 rings (SSSR count). The van der Waals surface area contributed by atoms with E-state index in [0.717, 1.165) is 10.8 Å². The van der Waals surface area contributed by atoms with Gasteiger partial charge in [0.2, 0.25) is 0 Å². The average molecular weight is 261 g/mol. The zero-order valence-electron chi connectivity index (χ0n) is 9.33. The molecule has 2 aromatic rings. The van der Waals surface area contributed by atoms with E-state index in [-0.39, 0.29) is 5.25 Å². The molecule has 1 aromatic heterocycles. The van der Waals surface area contributed by atoms with E-state index in [1.807, 2.05) is 0 Å². The van der Waals surface area contributed by atoms with Gasteiger partial charge in [-0.3, -0.25) is 0 Å². The number of nitriles is 1. The third kappa shape index (κ3) is 3.55. The van der Waals surface area contributed by atoms with E-state index in [0.29, 0.717) is 0 Å². The monoisotopic (exact) mass is 261 g/mol. The van der Waals surface area contributed by atoms with Gasteiger partial charge in [-0.15, -0.1) is 10.2 Å². The Bertz CT molecular complexity index is 500. The van der Waals surface area contributed by atoms with Gasteiger partial charge in [0.15, 0.2) is 4.34 Å². The molecule has 0 fully saturated rings. The van der Waals surface area contributed by atoms with E-state index < -0.39 is 0 Å². The highest BCUT2D eigenvalue weighted by atomic mass is 32.2. The van der Waals surface area contributed by atoms with Crippen molar-refractivity contribution in [3.8, 4) is 6.07 Å². The van der Waals surface area contributed by atoms with Gasteiger partial charge >= 0.3 is 0 Å². The van der Waals surface area contributed by atoms with Crippen LogP contribution in [-0.4, -0.2) is 15.4 Å². The fraction of sp³-hybridized carbons (Fsp3) is 0.250. The van der Waals surface area contributed by atoms with Gasteiger partial charge in [0, 0.05) is 0 Å². The molecule has 0 radical (unpaired) electrons. The molecular weight excluding hydrogens is 250 g/mol. The van der Waals surface area contributed by atoms with E-state index in [2.05, 4.69) is 47.5 Å². The van der Waals surface area contributed by atoms with Crippen LogP contribution in [0.4, 0.5) is 0 Å². The topological polar surface area (TPSA) is 49.6 Å². The number of benzene rings is 1. The first-order valence-electron chi connectivity index (χ1n) is 5.16. The van der Waals surface area contributed by atoms with Gasteiger partial charge in [-0.25, -0.2) is 0 Å². The van der Waals surface area contributed by atoms with Crippen molar-refractivity contribution in [3.63, 3.8) is 0 Å². The molecule has 0 unspecified atom stereocenters. The van der Waals surface area contributed by atoms with Crippen molar-refractivity contribution < 1.29 is 0 Å². The lowest BCUT2D eigenvalue weighted by atomic mass is 10.1. The Hall–Kier alpha value is -1.38. The summed E-state index contributed by atoms with van der Waals surface area (Å²) in [5.41, 5.74) is 4.10. The predicted molar refractivity (Wildman–Crippen MR) is 70.1 cm³/mol. The minimum Gasteiger partial charge on any atom is -0.197 e. The van der Waals surface area contributed by atoms with Crippen LogP contribution in [0.5, 0.6) is 0 Å². The maximum Gasteiger partial charge on any atom is 0.175 e. The first-order valence-corrected chi connectivity index (χ1v) is 6.92. The van der Waals surface area contributed by atoms with Crippen LogP contribution in [0.25, 0.3) is 0 Å². The third-order valence-electron chi connectivity index (χ3n) is 2.27. The number of nitrogens with zero attached hydrogens (tertiary/aromatic N) is 3. The Kier molecular flexibility index (Phi) is 4.13. The summed E-state index contributed by atoms with van der Waals surface area (Å²) in [6, 6.07) is 10.6. The Morgan fingerprint density at radius 1 is 1.41 bits per heavy atom. The molecule has 3 nitrogen and oxygen atoms in total. The van der Waals surface area contributed by atoms with Gasteiger partial charge in [-0.2, -0.15) is 5.26 Å². The molecule has 17 heavy (non-hydrogen) atoms. The molecule has 0 N–H and O–H groups in total. The predicted octanol–water partition coefficient (Wildman–Crippen LogP) is 3.07. The van der Waals surface area contributed by atoms with Crippen molar-refractivity contribution >= 4 is 23.1 Å². The minimum absolute atomic E-state index is 0.106. The number of hydrogen-bond donors (Lipinski definition) is 0. The van der Waals surface area contributed by atoms with E-state index in [4.69, 9.17) is 5.26 Å². The minimum atomic E-state index is -0.106. The summed E-state index contributed by atoms with van der Waals surface area (Å²) >= 11 is 2.95. The molecule has 0 aliphatic heterocycles. The van der Waals surface area contributed by atoms with Crippen LogP contribution in [0, 0.1) is 18.3 Å². The van der Waals surface area contributed by atoms with Crippen LogP contribution in [0.15, 0.2) is 34.1 Å². The number of aromatic nitrogens is 2. The summed E-state index contributed by atoms with van der Waals surface area (Å²) in [6.45, 7) is 2.06. The lowest BCUT2D eigenvalue weighted by molar-refractivity contribution is 0.988. The second kappa shape index (κ2) is 5.80. The van der Waals surface area contributed by atoms with Gasteiger partial charge < -0.3 is 0 Å². The summed E-state index contributed by atoms with van der Waals surface area (Å²) < 4.78 is 0.851. The van der Waals surface area contributed by atoms with Crippen LogP contribution in [-0.2, 0) is 6.42 Å². The molecule has 86 valence electrons. The normalized spacial score (nSPS) is 12.0. The van der Waals surface area contributed by atoms with Crippen LogP contribution in [0.2, 0.25) is 0 Å². The number of rotatable bonds is 4. The first-order chi connectivity index (χ1) is 8.28. The largest absolute Gasteiger partial charge is 0.197 e. The molecule has 0 spiro atoms. The van der Waals surface area contributed by atoms with Crippen molar-refractivity contribution in [2.24, 2.45) is 0 Å². The lowest BCUT2D eigenvalue weighted by Crippen LogP contribution is -2.03. The molecular formula is C12H11N3S2. The quantitative estimate of drug-likeness (QED) is 0.794. The van der Waals surface area contributed by atoms with Crippen LogP contribution in [0.3, 0.4) is 0 Å². The van der Waals surface area contributed by atoms with Gasteiger partial charge in [0.1, 0.15) is 10.8 Å². The zero-order chi connectivity index (χ0) is 12.1. The Balaban J connectivity index is 2.01. The van der Waals surface area contributed by atoms with Crippen molar-refractivity contribution in [1.29, 1.82) is 5.26 Å². The van der Waals surface area contributed by atoms with Crippen LogP contribution in [0.1, 0.15) is 11.1 Å². The maximum absolute atomic E-state index is 9.13. The SMILES string of the molecule is Cc1ccc(C[C@H](C#N)Sc2nncs2)cc1. The average Bonchev–Trinajstić information content (AvgIpc) is 2.84. The summed E-state index contributed by atoms with van der Waals surface area (Å²) in [5.74, 6) is 0. The van der Waals surface area contributed by atoms with Crippen molar-refractivity contribution in [2.75, 3.05) is 0 Å². The van der Waals surface area contributed by atoms with Crippen LogP contribution < -0.4 is 0 Å². The standard InChI is InChI=1S/C12H11N3S2/c1-9-2-4-10(5-3-9)6-11(7-13)17-12-15-14-8-16-12/h2-5,8,11H,6H2,1H3/t11-/m1/s1. The number of hydrogen-bond acceptors (Lipinski definition) is 5. The molecule has 0 saturated heterocycles. The molecule has 5 heteroatoms. The summed E-state index contributed by atoms with van der Waals surface area (Å²) in [6.07, 6.45) is 0.737. The molecule has 0 bridgehead atoms. The third-order valence-corrected chi connectivity index (χ3v) is 4.17. The van der Waals surface area contributed by atoms with Gasteiger partial charge in [-0.1, -0.05) is 52.9 Å². The summed E-state index contributed by atoms with van der Waals surface area (Å²) in [5, 5.41) is 16.7. The molecule has 0 saturated carbocycles. The first kappa shape index (κ1) is 12.1. The summed E-state index contributed by atoms with van der Waals surface area (Å²) in [4.78, 5) is 0. The molecule has 0 aliphatic carbocycles. The zero-order valence-corrected chi connectivity index (χ0v) is 11.0. The second-order valence-electron chi connectivity index (χ2n) is 3.63. The van der Waals surface area contributed by atoms with Gasteiger partial charge in [-0.05, 0) is 18.9 Å². The number of aryl methyl sites for hydroxylation is 1. The summed E-state index contributed by atoms with van der Waals surface area (Å²) in [7, 11) is 0. The molecule has 1 atom stereocenters. The highest BCUT2D eigenvalue weighted by molar-refractivity contribution is 8.01. The Labute approximate surface area is 109 Å². The molecule has 1 heterocycles. The highest BCUT2D eigenvalue weighted by Gasteiger charge is 2.12. The fourth-order valence-electron chi connectivity index (χ4n) is 1.39. The van der Waals surface area contributed by atoms with E-state index in [9.17, 15) is 0 Å². The smallest absolute Gasteiger partial charge is 0.175 e. The molecule has 0 amide bonds. The maximum atomic E-state index is 9.13. The fourth-order valence-corrected chi connectivity index (χ4v) is 3.03.